The maximum Gasteiger partial charge on any atom is 0.263 e. The Morgan fingerprint density at radius 1 is 1.28 bits per heavy atom. The molecule has 18 heavy (non-hydrogen) atoms. The van der Waals surface area contributed by atoms with Crippen molar-refractivity contribution in [3.05, 3.63) is 45.8 Å². The van der Waals surface area contributed by atoms with E-state index in [1.807, 2.05) is 0 Å². The molecule has 1 atom stereocenters. The number of benzene rings is 1. The van der Waals surface area contributed by atoms with E-state index in [9.17, 15) is 8.78 Å². The first-order valence-electron chi connectivity index (χ1n) is 4.82. The Morgan fingerprint density at radius 2 is 1.89 bits per heavy atom. The van der Waals surface area contributed by atoms with Crippen LogP contribution in [0.25, 0.3) is 10.4 Å². The Balaban J connectivity index is 3.06. The molecular weight excluding hydrogens is 440 g/mol. The van der Waals surface area contributed by atoms with Gasteiger partial charge in [0.1, 0.15) is 2.14 Å². The Labute approximate surface area is 128 Å². The molecule has 0 fully saturated rings. The highest BCUT2D eigenvalue weighted by Crippen LogP contribution is 2.43. The predicted molar refractivity (Wildman–Crippen MR) is 77.4 cm³/mol. The van der Waals surface area contributed by atoms with Crippen LogP contribution in [0.4, 0.5) is 8.78 Å². The van der Waals surface area contributed by atoms with Crippen molar-refractivity contribution in [2.24, 2.45) is 5.11 Å². The number of nitrogens with zero attached hydrogens (tertiary/aromatic N) is 3. The highest BCUT2D eigenvalue weighted by molar-refractivity contribution is 9.39. The quantitative estimate of drug-likeness (QED) is 0.228. The lowest BCUT2D eigenvalue weighted by Gasteiger charge is -2.18. The molecule has 0 aliphatic heterocycles. The zero-order chi connectivity index (χ0) is 13.8. The first-order chi connectivity index (χ1) is 8.33. The predicted octanol–water partition coefficient (Wildman–Crippen LogP) is 6.20. The average molecular weight is 448 g/mol. The molecule has 0 unspecified atom stereocenters. The molecule has 0 aliphatic carbocycles. The second kappa shape index (κ2) is 6.84. The Hall–Kier alpha value is -0.170. The molecule has 0 radical (unpaired) electrons. The fourth-order valence-corrected chi connectivity index (χ4v) is 2.33. The SMILES string of the molecule is [N-]=[N+]=N[C@@H](CC(Br)(Br)Br)c1cccc(C(F)F)c1. The van der Waals surface area contributed by atoms with Crippen LogP contribution < -0.4 is 0 Å². The van der Waals surface area contributed by atoms with Crippen LogP contribution in [0.1, 0.15) is 30.0 Å². The third kappa shape index (κ3) is 5.22. The van der Waals surface area contributed by atoms with E-state index in [1.165, 1.54) is 18.2 Å². The van der Waals surface area contributed by atoms with Crippen LogP contribution >= 0.6 is 47.8 Å². The number of alkyl halides is 5. The molecule has 0 saturated heterocycles. The minimum absolute atomic E-state index is 0.0880. The van der Waals surface area contributed by atoms with E-state index < -0.39 is 14.6 Å². The first-order valence-corrected chi connectivity index (χ1v) is 7.20. The highest BCUT2D eigenvalue weighted by atomic mass is 80.0. The molecule has 3 nitrogen and oxygen atoms in total. The third-order valence-corrected chi connectivity index (χ3v) is 3.13. The molecule has 8 heteroatoms. The summed E-state index contributed by atoms with van der Waals surface area (Å²) < 4.78 is 24.6. The number of hydrogen-bond donors (Lipinski definition) is 0. The van der Waals surface area contributed by atoms with E-state index in [2.05, 4.69) is 57.8 Å². The van der Waals surface area contributed by atoms with Crippen molar-refractivity contribution in [2.45, 2.75) is 21.0 Å². The minimum atomic E-state index is -2.54. The molecule has 0 heterocycles. The second-order valence-corrected chi connectivity index (χ2v) is 10.8. The van der Waals surface area contributed by atoms with Gasteiger partial charge in [0, 0.05) is 10.5 Å². The van der Waals surface area contributed by atoms with E-state index in [4.69, 9.17) is 5.53 Å². The number of hydrogen-bond acceptors (Lipinski definition) is 1. The first kappa shape index (κ1) is 15.9. The second-order valence-electron chi connectivity index (χ2n) is 3.51. The highest BCUT2D eigenvalue weighted by Gasteiger charge is 2.25. The molecule has 1 aromatic rings. The van der Waals surface area contributed by atoms with Gasteiger partial charge < -0.3 is 0 Å². The molecule has 1 aromatic carbocycles. The van der Waals surface area contributed by atoms with Gasteiger partial charge in [0.15, 0.2) is 0 Å². The van der Waals surface area contributed by atoms with Crippen molar-refractivity contribution in [1.82, 2.24) is 0 Å². The van der Waals surface area contributed by atoms with Crippen LogP contribution in [-0.2, 0) is 0 Å². The fraction of sp³-hybridized carbons (Fsp3) is 0.400. The Morgan fingerprint density at radius 3 is 2.39 bits per heavy atom. The lowest BCUT2D eigenvalue weighted by Crippen LogP contribution is -2.07. The monoisotopic (exact) mass is 445 g/mol. The van der Waals surface area contributed by atoms with Gasteiger partial charge >= 0.3 is 0 Å². The van der Waals surface area contributed by atoms with Gasteiger partial charge in [-0.05, 0) is 23.6 Å². The number of rotatable bonds is 4. The summed E-state index contributed by atoms with van der Waals surface area (Å²) in [6, 6.07) is 5.32. The standard InChI is InChI=1S/C10H8Br3F2N3/c11-10(12,13)5-8(17-18-16)6-2-1-3-7(4-6)9(14)15/h1-4,8-9H,5H2/t8-/m0/s1. The summed E-state index contributed by atoms with van der Waals surface area (Å²) in [5.41, 5.74) is 9.00. The molecule has 1 rings (SSSR count). The van der Waals surface area contributed by atoms with Crippen molar-refractivity contribution in [2.75, 3.05) is 0 Å². The van der Waals surface area contributed by atoms with Crippen LogP contribution in [0.5, 0.6) is 0 Å². The number of azide groups is 1. The maximum absolute atomic E-state index is 12.6. The zero-order valence-corrected chi connectivity index (χ0v) is 13.7. The maximum atomic E-state index is 12.6. The van der Waals surface area contributed by atoms with Crippen LogP contribution in [0, 0.1) is 0 Å². The van der Waals surface area contributed by atoms with Crippen molar-refractivity contribution < 1.29 is 8.78 Å². The summed E-state index contributed by atoms with van der Waals surface area (Å²) in [6.07, 6.45) is -2.18. The van der Waals surface area contributed by atoms with Crippen molar-refractivity contribution in [3.8, 4) is 0 Å². The topological polar surface area (TPSA) is 48.8 Å². The van der Waals surface area contributed by atoms with Crippen molar-refractivity contribution in [3.63, 3.8) is 0 Å². The van der Waals surface area contributed by atoms with Crippen LogP contribution in [0.3, 0.4) is 0 Å². The van der Waals surface area contributed by atoms with Crippen molar-refractivity contribution in [1.29, 1.82) is 0 Å². The van der Waals surface area contributed by atoms with Gasteiger partial charge in [0.2, 0.25) is 0 Å². The summed E-state index contributed by atoms with van der Waals surface area (Å²) in [5.74, 6) is 0. The summed E-state index contributed by atoms with van der Waals surface area (Å²) >= 11 is 9.89. The smallest absolute Gasteiger partial charge is 0.205 e. The molecular formula is C10H8Br3F2N3. The zero-order valence-electron chi connectivity index (χ0n) is 8.90. The van der Waals surface area contributed by atoms with E-state index in [0.717, 1.165) is 0 Å². The van der Waals surface area contributed by atoms with E-state index >= 15 is 0 Å². The Kier molecular flexibility index (Phi) is 6.04. The largest absolute Gasteiger partial charge is 0.263 e. The van der Waals surface area contributed by atoms with Gasteiger partial charge in [-0.25, -0.2) is 8.78 Å². The van der Waals surface area contributed by atoms with Gasteiger partial charge in [0.05, 0.1) is 6.04 Å². The molecule has 98 valence electrons. The minimum Gasteiger partial charge on any atom is -0.205 e. The van der Waals surface area contributed by atoms with Gasteiger partial charge in [-0.3, -0.25) is 0 Å². The van der Waals surface area contributed by atoms with E-state index in [1.54, 1.807) is 6.07 Å². The lowest BCUT2D eigenvalue weighted by atomic mass is 10.0. The van der Waals surface area contributed by atoms with Gasteiger partial charge in [-0.15, -0.1) is 0 Å². The molecule has 0 aromatic heterocycles. The van der Waals surface area contributed by atoms with Crippen molar-refractivity contribution >= 4 is 47.8 Å². The molecule has 0 N–H and O–H groups in total. The fourth-order valence-electron chi connectivity index (χ4n) is 1.41. The summed E-state index contributed by atoms with van der Waals surface area (Å²) in [7, 11) is 0. The summed E-state index contributed by atoms with van der Waals surface area (Å²) in [5, 5.41) is 3.63. The molecule has 0 spiro atoms. The molecule has 0 amide bonds. The summed E-state index contributed by atoms with van der Waals surface area (Å²) in [4.78, 5) is 2.75. The van der Waals surface area contributed by atoms with Crippen LogP contribution in [-0.4, -0.2) is 2.14 Å². The van der Waals surface area contributed by atoms with Gasteiger partial charge in [-0.2, -0.15) is 0 Å². The summed E-state index contributed by atoms with van der Waals surface area (Å²) in [6.45, 7) is 0. The molecule has 0 aliphatic rings. The average Bonchev–Trinajstić information content (AvgIpc) is 2.27. The Bertz CT molecular complexity index is 456. The normalized spacial score (nSPS) is 13.2. The van der Waals surface area contributed by atoms with E-state index in [-0.39, 0.29) is 5.56 Å². The number of halogens is 5. The molecule has 0 saturated carbocycles. The van der Waals surface area contributed by atoms with Crippen LogP contribution in [0.2, 0.25) is 0 Å². The van der Waals surface area contributed by atoms with Gasteiger partial charge in [0.25, 0.3) is 6.43 Å². The lowest BCUT2D eigenvalue weighted by molar-refractivity contribution is 0.151. The van der Waals surface area contributed by atoms with Gasteiger partial charge in [-0.1, -0.05) is 71.1 Å². The van der Waals surface area contributed by atoms with Crippen LogP contribution in [0.15, 0.2) is 29.4 Å². The van der Waals surface area contributed by atoms with E-state index in [0.29, 0.717) is 12.0 Å². The third-order valence-electron chi connectivity index (χ3n) is 2.16. The molecule has 0 bridgehead atoms.